The highest BCUT2D eigenvalue weighted by Gasteiger charge is 2.54. The molecule has 2 aromatic carbocycles. The van der Waals surface area contributed by atoms with Crippen molar-refractivity contribution in [2.75, 3.05) is 11.4 Å². The first-order chi connectivity index (χ1) is 11.7. The quantitative estimate of drug-likeness (QED) is 0.912. The van der Waals surface area contributed by atoms with Gasteiger partial charge < -0.3 is 9.64 Å². The summed E-state index contributed by atoms with van der Waals surface area (Å²) < 4.78 is 5.44. The van der Waals surface area contributed by atoms with Crippen LogP contribution in [0.2, 0.25) is 0 Å². The van der Waals surface area contributed by atoms with Gasteiger partial charge in [-0.1, -0.05) is 56.7 Å². The number of ether oxygens (including phenoxy) is 1. The van der Waals surface area contributed by atoms with Gasteiger partial charge in [0.15, 0.2) is 5.66 Å². The number of unbranched alkanes of at least 4 members (excludes halogenated alkanes) is 1. The number of amides is 1. The molecule has 0 radical (unpaired) electrons. The van der Waals surface area contributed by atoms with Gasteiger partial charge in [-0.2, -0.15) is 0 Å². The van der Waals surface area contributed by atoms with Crippen LogP contribution in [0.4, 0.5) is 10.5 Å². The highest BCUT2D eigenvalue weighted by molar-refractivity contribution is 5.79. The van der Waals surface area contributed by atoms with Crippen LogP contribution >= 0.6 is 0 Å². The minimum Gasteiger partial charge on any atom is -0.410 e. The fourth-order valence-electron chi connectivity index (χ4n) is 4.13. The topological polar surface area (TPSA) is 41.6 Å². The molecule has 2 unspecified atom stereocenters. The number of nitrogens with zero attached hydrogens (tertiary/aromatic N) is 1. The van der Waals surface area contributed by atoms with Gasteiger partial charge in [0.1, 0.15) is 5.75 Å². The van der Waals surface area contributed by atoms with Crippen molar-refractivity contribution in [1.82, 2.24) is 5.32 Å². The molecule has 4 nitrogen and oxygen atoms in total. The SMILES string of the molecule is CCCCN1c2ccccc2C(C)C12NC(=O)Oc1ccccc12. The number of hydrogen-bond acceptors (Lipinski definition) is 3. The second-order valence-corrected chi connectivity index (χ2v) is 6.56. The Labute approximate surface area is 142 Å². The molecule has 1 N–H and O–H groups in total. The van der Waals surface area contributed by atoms with Gasteiger partial charge in [-0.25, -0.2) is 4.79 Å². The summed E-state index contributed by atoms with van der Waals surface area (Å²) in [6.07, 6.45) is 1.80. The fourth-order valence-corrected chi connectivity index (χ4v) is 4.13. The molecule has 0 aromatic heterocycles. The summed E-state index contributed by atoms with van der Waals surface area (Å²) in [5, 5.41) is 3.17. The van der Waals surface area contributed by atoms with E-state index in [1.807, 2.05) is 18.2 Å². The van der Waals surface area contributed by atoms with E-state index in [-0.39, 0.29) is 12.0 Å². The molecule has 2 aliphatic heterocycles. The van der Waals surface area contributed by atoms with Crippen LogP contribution in [-0.2, 0) is 5.66 Å². The van der Waals surface area contributed by atoms with Crippen LogP contribution in [0.5, 0.6) is 5.75 Å². The maximum atomic E-state index is 12.3. The Bertz CT molecular complexity index is 789. The predicted molar refractivity (Wildman–Crippen MR) is 94.4 cm³/mol. The van der Waals surface area contributed by atoms with E-state index in [4.69, 9.17) is 4.74 Å². The number of carbonyl (C=O) groups is 1. The molecule has 2 heterocycles. The largest absolute Gasteiger partial charge is 0.414 e. The van der Waals surface area contributed by atoms with Crippen LogP contribution in [0.3, 0.4) is 0 Å². The fraction of sp³-hybridized carbons (Fsp3) is 0.350. The molecule has 1 spiro atoms. The summed E-state index contributed by atoms with van der Waals surface area (Å²) in [6, 6.07) is 16.3. The monoisotopic (exact) mass is 322 g/mol. The van der Waals surface area contributed by atoms with Crippen molar-refractivity contribution >= 4 is 11.8 Å². The Morgan fingerprint density at radius 1 is 1.17 bits per heavy atom. The summed E-state index contributed by atoms with van der Waals surface area (Å²) in [7, 11) is 0. The molecule has 2 aromatic rings. The van der Waals surface area contributed by atoms with Crippen LogP contribution < -0.4 is 15.0 Å². The van der Waals surface area contributed by atoms with Crippen molar-refractivity contribution in [1.29, 1.82) is 0 Å². The van der Waals surface area contributed by atoms with Crippen LogP contribution in [0.25, 0.3) is 0 Å². The summed E-state index contributed by atoms with van der Waals surface area (Å²) in [5.74, 6) is 0.793. The van der Waals surface area contributed by atoms with Crippen molar-refractivity contribution in [2.24, 2.45) is 0 Å². The molecule has 124 valence electrons. The molecule has 0 saturated heterocycles. The van der Waals surface area contributed by atoms with Crippen molar-refractivity contribution in [3.63, 3.8) is 0 Å². The first-order valence-electron chi connectivity index (χ1n) is 8.64. The van der Waals surface area contributed by atoms with E-state index >= 15 is 0 Å². The highest BCUT2D eigenvalue weighted by atomic mass is 16.6. The second kappa shape index (κ2) is 5.55. The zero-order valence-electron chi connectivity index (χ0n) is 14.1. The molecule has 0 bridgehead atoms. The van der Waals surface area contributed by atoms with Gasteiger partial charge in [-0.05, 0) is 24.1 Å². The third kappa shape index (κ3) is 1.95. The minimum atomic E-state index is -0.579. The molecule has 2 aliphatic rings. The minimum absolute atomic E-state index is 0.138. The van der Waals surface area contributed by atoms with Crippen molar-refractivity contribution in [2.45, 2.75) is 38.3 Å². The van der Waals surface area contributed by atoms with Gasteiger partial charge in [-0.15, -0.1) is 0 Å². The molecule has 0 saturated carbocycles. The standard InChI is InChI=1S/C20H22N2O2/c1-3-4-13-22-17-11-7-5-9-15(17)14(2)20(22)16-10-6-8-12-18(16)24-19(23)21-20/h5-12,14H,3-4,13H2,1-2H3,(H,21,23). The van der Waals surface area contributed by atoms with Gasteiger partial charge in [0, 0.05) is 23.7 Å². The Balaban J connectivity index is 1.94. The van der Waals surface area contributed by atoms with E-state index in [9.17, 15) is 4.79 Å². The second-order valence-electron chi connectivity index (χ2n) is 6.56. The average Bonchev–Trinajstić information content (AvgIpc) is 2.83. The molecular formula is C20H22N2O2. The van der Waals surface area contributed by atoms with Gasteiger partial charge in [-0.3, -0.25) is 5.32 Å². The molecule has 4 heteroatoms. The van der Waals surface area contributed by atoms with Crippen LogP contribution in [0.1, 0.15) is 43.7 Å². The maximum absolute atomic E-state index is 12.3. The Hall–Kier alpha value is -2.49. The highest BCUT2D eigenvalue weighted by Crippen LogP contribution is 2.54. The lowest BCUT2D eigenvalue weighted by molar-refractivity contribution is 0.161. The lowest BCUT2D eigenvalue weighted by Crippen LogP contribution is -2.61. The van der Waals surface area contributed by atoms with Gasteiger partial charge in [0.25, 0.3) is 0 Å². The Kier molecular flexibility index (Phi) is 3.48. The molecular weight excluding hydrogens is 300 g/mol. The number of anilines is 1. The van der Waals surface area contributed by atoms with E-state index < -0.39 is 5.66 Å². The zero-order valence-corrected chi connectivity index (χ0v) is 14.1. The normalized spacial score (nSPS) is 24.3. The molecule has 1 amide bonds. The van der Waals surface area contributed by atoms with Crippen LogP contribution in [0, 0.1) is 0 Å². The predicted octanol–water partition coefficient (Wildman–Crippen LogP) is 4.37. The lowest BCUT2D eigenvalue weighted by Gasteiger charge is -2.46. The summed E-state index contributed by atoms with van der Waals surface area (Å²) >= 11 is 0. The van der Waals surface area contributed by atoms with E-state index in [0.29, 0.717) is 5.75 Å². The summed E-state index contributed by atoms with van der Waals surface area (Å²) in [5.41, 5.74) is 2.93. The number of carbonyl (C=O) groups excluding carboxylic acids is 1. The zero-order chi connectivity index (χ0) is 16.7. The number of fused-ring (bicyclic) bond motifs is 3. The molecule has 2 atom stereocenters. The summed E-state index contributed by atoms with van der Waals surface area (Å²) in [4.78, 5) is 14.7. The van der Waals surface area contributed by atoms with E-state index in [0.717, 1.165) is 24.9 Å². The van der Waals surface area contributed by atoms with Crippen molar-refractivity contribution < 1.29 is 9.53 Å². The number of nitrogens with one attached hydrogen (secondary N) is 1. The molecule has 24 heavy (non-hydrogen) atoms. The smallest absolute Gasteiger partial charge is 0.410 e. The van der Waals surface area contributed by atoms with Gasteiger partial charge in [0.05, 0.1) is 0 Å². The molecule has 0 aliphatic carbocycles. The first-order valence-corrected chi connectivity index (χ1v) is 8.64. The maximum Gasteiger partial charge on any atom is 0.414 e. The molecule has 4 rings (SSSR count). The molecule has 0 fully saturated rings. The number of benzene rings is 2. The van der Waals surface area contributed by atoms with Crippen LogP contribution in [-0.4, -0.2) is 12.6 Å². The Morgan fingerprint density at radius 3 is 2.75 bits per heavy atom. The summed E-state index contributed by atoms with van der Waals surface area (Å²) in [6.45, 7) is 5.27. The van der Waals surface area contributed by atoms with E-state index in [2.05, 4.69) is 54.4 Å². The average molecular weight is 322 g/mol. The number of hydrogen-bond donors (Lipinski definition) is 1. The van der Waals surface area contributed by atoms with Gasteiger partial charge >= 0.3 is 6.09 Å². The van der Waals surface area contributed by atoms with Gasteiger partial charge in [0.2, 0.25) is 0 Å². The van der Waals surface area contributed by atoms with E-state index in [1.54, 1.807) is 0 Å². The lowest BCUT2D eigenvalue weighted by atomic mass is 9.84. The van der Waals surface area contributed by atoms with E-state index in [1.165, 1.54) is 11.3 Å². The van der Waals surface area contributed by atoms with Crippen molar-refractivity contribution in [3.05, 3.63) is 59.7 Å². The Morgan fingerprint density at radius 2 is 1.92 bits per heavy atom. The number of para-hydroxylation sites is 2. The number of rotatable bonds is 3. The van der Waals surface area contributed by atoms with Crippen molar-refractivity contribution in [3.8, 4) is 5.75 Å². The first kappa shape index (κ1) is 15.1. The third-order valence-corrected chi connectivity index (χ3v) is 5.27. The third-order valence-electron chi connectivity index (χ3n) is 5.27. The van der Waals surface area contributed by atoms with Crippen LogP contribution in [0.15, 0.2) is 48.5 Å².